The number of rotatable bonds is 4. The van der Waals surface area contributed by atoms with E-state index in [9.17, 15) is 4.79 Å². The van der Waals surface area contributed by atoms with Crippen LogP contribution in [0, 0.1) is 0 Å². The third-order valence-electron chi connectivity index (χ3n) is 5.04. The van der Waals surface area contributed by atoms with E-state index in [1.807, 2.05) is 30.3 Å². The molecule has 1 heterocycles. The lowest BCUT2D eigenvalue weighted by atomic mass is 9.89. The number of aromatic nitrogens is 1. The Bertz CT molecular complexity index is 1010. The zero-order valence-corrected chi connectivity index (χ0v) is 15.5. The van der Waals surface area contributed by atoms with Gasteiger partial charge in [-0.25, -0.2) is 0 Å². The lowest BCUT2D eigenvalue weighted by Gasteiger charge is -2.20. The molecule has 27 heavy (non-hydrogen) atoms. The number of fused-ring (bicyclic) bond motifs is 2. The van der Waals surface area contributed by atoms with E-state index < -0.39 is 0 Å². The number of benzene rings is 2. The van der Waals surface area contributed by atoms with Crippen molar-refractivity contribution in [1.82, 2.24) is 4.98 Å². The van der Waals surface area contributed by atoms with Crippen molar-refractivity contribution >= 4 is 22.5 Å². The number of nitrogens with zero attached hydrogens (tertiary/aromatic N) is 1. The predicted octanol–water partition coefficient (Wildman–Crippen LogP) is 4.38. The summed E-state index contributed by atoms with van der Waals surface area (Å²) in [6.07, 6.45) is 4.03. The van der Waals surface area contributed by atoms with Gasteiger partial charge in [-0.15, -0.1) is 0 Å². The minimum Gasteiger partial charge on any atom is -0.493 e. The van der Waals surface area contributed by atoms with Gasteiger partial charge in [0.2, 0.25) is 0 Å². The van der Waals surface area contributed by atoms with E-state index >= 15 is 0 Å². The first kappa shape index (κ1) is 17.3. The first-order chi connectivity index (χ1) is 13.2. The highest BCUT2D eigenvalue weighted by Crippen LogP contribution is 2.32. The number of methoxy groups -OCH3 is 2. The minimum absolute atomic E-state index is 0.112. The normalized spacial score (nSPS) is 13.1. The highest BCUT2D eigenvalue weighted by molar-refractivity contribution is 6.13. The molecule has 3 aromatic rings. The van der Waals surface area contributed by atoms with Gasteiger partial charge < -0.3 is 14.8 Å². The molecule has 0 bridgehead atoms. The molecule has 1 amide bonds. The molecule has 0 spiro atoms. The molecule has 0 aliphatic heterocycles. The summed E-state index contributed by atoms with van der Waals surface area (Å²) in [5.41, 5.74) is 4.42. The van der Waals surface area contributed by atoms with Crippen LogP contribution >= 0.6 is 0 Å². The number of para-hydroxylation sites is 1. The SMILES string of the molecule is COc1ccc(NC(=O)c2c3c(nc4ccccc24)CCCC3)cc1OC. The summed E-state index contributed by atoms with van der Waals surface area (Å²) in [4.78, 5) is 18.0. The Labute approximate surface area is 158 Å². The van der Waals surface area contributed by atoms with Crippen molar-refractivity contribution in [3.05, 3.63) is 59.3 Å². The van der Waals surface area contributed by atoms with E-state index in [1.165, 1.54) is 0 Å². The van der Waals surface area contributed by atoms with Gasteiger partial charge in [0.15, 0.2) is 11.5 Å². The topological polar surface area (TPSA) is 60.5 Å². The van der Waals surface area contributed by atoms with Gasteiger partial charge in [-0.05, 0) is 49.4 Å². The van der Waals surface area contributed by atoms with Crippen molar-refractivity contribution in [1.29, 1.82) is 0 Å². The molecule has 1 aliphatic rings. The molecule has 0 saturated carbocycles. The average molecular weight is 362 g/mol. The van der Waals surface area contributed by atoms with Crippen molar-refractivity contribution < 1.29 is 14.3 Å². The fourth-order valence-corrected chi connectivity index (χ4v) is 3.74. The average Bonchev–Trinajstić information content (AvgIpc) is 2.71. The van der Waals surface area contributed by atoms with Crippen LogP contribution in [0.25, 0.3) is 10.9 Å². The smallest absolute Gasteiger partial charge is 0.256 e. The van der Waals surface area contributed by atoms with Gasteiger partial charge in [0.1, 0.15) is 0 Å². The van der Waals surface area contributed by atoms with E-state index in [4.69, 9.17) is 14.5 Å². The first-order valence-electron chi connectivity index (χ1n) is 9.15. The number of nitrogens with one attached hydrogen (secondary N) is 1. The Hall–Kier alpha value is -3.08. The van der Waals surface area contributed by atoms with E-state index in [0.717, 1.165) is 53.4 Å². The molecule has 1 aromatic heterocycles. The van der Waals surface area contributed by atoms with Gasteiger partial charge in [-0.3, -0.25) is 9.78 Å². The minimum atomic E-state index is -0.112. The first-order valence-corrected chi connectivity index (χ1v) is 9.15. The molecule has 4 rings (SSSR count). The number of pyridine rings is 1. The molecule has 1 aliphatic carbocycles. The Morgan fingerprint density at radius 1 is 1.00 bits per heavy atom. The van der Waals surface area contributed by atoms with Crippen LogP contribution in [0.1, 0.15) is 34.5 Å². The summed E-state index contributed by atoms with van der Waals surface area (Å²) >= 11 is 0. The zero-order chi connectivity index (χ0) is 18.8. The molecular weight excluding hydrogens is 340 g/mol. The Balaban J connectivity index is 1.77. The van der Waals surface area contributed by atoms with Crippen molar-refractivity contribution in [2.75, 3.05) is 19.5 Å². The van der Waals surface area contributed by atoms with Crippen molar-refractivity contribution in [2.45, 2.75) is 25.7 Å². The lowest BCUT2D eigenvalue weighted by molar-refractivity contribution is 0.102. The molecule has 1 N–H and O–H groups in total. The van der Waals surface area contributed by atoms with E-state index in [2.05, 4.69) is 5.32 Å². The quantitative estimate of drug-likeness (QED) is 0.748. The zero-order valence-electron chi connectivity index (χ0n) is 15.5. The molecule has 5 nitrogen and oxygen atoms in total. The molecule has 0 atom stereocenters. The van der Waals surface area contributed by atoms with Gasteiger partial charge in [0, 0.05) is 22.8 Å². The molecular formula is C22H22N2O3. The van der Waals surface area contributed by atoms with Crippen LogP contribution < -0.4 is 14.8 Å². The monoisotopic (exact) mass is 362 g/mol. The van der Waals surface area contributed by atoms with E-state index in [1.54, 1.807) is 26.4 Å². The second-order valence-corrected chi connectivity index (χ2v) is 6.66. The summed E-state index contributed by atoms with van der Waals surface area (Å²) in [5, 5.41) is 3.92. The second kappa shape index (κ2) is 7.27. The van der Waals surface area contributed by atoms with Crippen molar-refractivity contribution in [2.24, 2.45) is 0 Å². The number of ether oxygens (including phenoxy) is 2. The molecule has 0 saturated heterocycles. The van der Waals surface area contributed by atoms with Crippen LogP contribution in [0.5, 0.6) is 11.5 Å². The largest absolute Gasteiger partial charge is 0.493 e. The van der Waals surface area contributed by atoms with Crippen LogP contribution in [0.3, 0.4) is 0 Å². The highest BCUT2D eigenvalue weighted by Gasteiger charge is 2.22. The summed E-state index contributed by atoms with van der Waals surface area (Å²) in [5.74, 6) is 1.10. The lowest BCUT2D eigenvalue weighted by Crippen LogP contribution is -2.19. The van der Waals surface area contributed by atoms with Crippen LogP contribution in [-0.2, 0) is 12.8 Å². The van der Waals surface area contributed by atoms with E-state index in [-0.39, 0.29) is 5.91 Å². The summed E-state index contributed by atoms with van der Waals surface area (Å²) in [7, 11) is 3.17. The number of anilines is 1. The van der Waals surface area contributed by atoms with Crippen LogP contribution in [0.15, 0.2) is 42.5 Å². The van der Waals surface area contributed by atoms with Crippen LogP contribution in [-0.4, -0.2) is 25.1 Å². The number of carbonyl (C=O) groups is 1. The number of carbonyl (C=O) groups excluding carboxylic acids is 1. The van der Waals surface area contributed by atoms with E-state index in [0.29, 0.717) is 17.2 Å². The van der Waals surface area contributed by atoms with Crippen LogP contribution in [0.4, 0.5) is 5.69 Å². The van der Waals surface area contributed by atoms with Gasteiger partial charge in [-0.2, -0.15) is 0 Å². The molecule has 0 radical (unpaired) electrons. The number of hydrogen-bond acceptors (Lipinski definition) is 4. The standard InChI is InChI=1S/C22H22N2O3/c1-26-19-12-11-14(13-20(19)27-2)23-22(25)21-15-7-3-5-9-17(15)24-18-10-6-4-8-16(18)21/h3,5,7,9,11-13H,4,6,8,10H2,1-2H3,(H,23,25). The second-order valence-electron chi connectivity index (χ2n) is 6.66. The van der Waals surface area contributed by atoms with Gasteiger partial charge >= 0.3 is 0 Å². The summed E-state index contributed by atoms with van der Waals surface area (Å²) < 4.78 is 10.6. The maximum Gasteiger partial charge on any atom is 0.256 e. The maximum atomic E-state index is 13.2. The third-order valence-corrected chi connectivity index (χ3v) is 5.04. The third kappa shape index (κ3) is 3.21. The van der Waals surface area contributed by atoms with Gasteiger partial charge in [-0.1, -0.05) is 18.2 Å². The molecule has 0 fully saturated rings. The molecule has 2 aromatic carbocycles. The summed E-state index contributed by atoms with van der Waals surface area (Å²) in [6, 6.07) is 13.2. The van der Waals surface area contributed by atoms with Gasteiger partial charge in [0.05, 0.1) is 25.3 Å². The van der Waals surface area contributed by atoms with Crippen LogP contribution in [0.2, 0.25) is 0 Å². The summed E-state index contributed by atoms with van der Waals surface area (Å²) in [6.45, 7) is 0. The number of hydrogen-bond donors (Lipinski definition) is 1. The maximum absolute atomic E-state index is 13.2. The predicted molar refractivity (Wildman–Crippen MR) is 106 cm³/mol. The molecule has 5 heteroatoms. The Kier molecular flexibility index (Phi) is 4.67. The fraction of sp³-hybridized carbons (Fsp3) is 0.273. The molecule has 0 unspecified atom stereocenters. The fourth-order valence-electron chi connectivity index (χ4n) is 3.74. The van der Waals surface area contributed by atoms with Crippen molar-refractivity contribution in [3.8, 4) is 11.5 Å². The van der Waals surface area contributed by atoms with Gasteiger partial charge in [0.25, 0.3) is 5.91 Å². The highest BCUT2D eigenvalue weighted by atomic mass is 16.5. The van der Waals surface area contributed by atoms with Crippen molar-refractivity contribution in [3.63, 3.8) is 0 Å². The number of amides is 1. The Morgan fingerprint density at radius 3 is 2.59 bits per heavy atom. The Morgan fingerprint density at radius 2 is 1.78 bits per heavy atom. The number of aryl methyl sites for hydroxylation is 1. The molecule has 138 valence electrons.